The van der Waals surface area contributed by atoms with E-state index in [0.717, 1.165) is 76.0 Å². The van der Waals surface area contributed by atoms with Crippen LogP contribution in [0.25, 0.3) is 0 Å². The number of ether oxygens (including phenoxy) is 3. The summed E-state index contributed by atoms with van der Waals surface area (Å²) >= 11 is 0. The molecule has 0 saturated carbocycles. The van der Waals surface area contributed by atoms with Crippen LogP contribution in [0.4, 0.5) is 0 Å². The highest BCUT2D eigenvalue weighted by Crippen LogP contribution is 2.16. The Morgan fingerprint density at radius 3 is 0.961 bits per heavy atom. The molecule has 51 heavy (non-hydrogen) atoms. The summed E-state index contributed by atoms with van der Waals surface area (Å²) in [5.41, 5.74) is 0. The van der Waals surface area contributed by atoms with E-state index in [-0.39, 0.29) is 31.1 Å². The van der Waals surface area contributed by atoms with Crippen LogP contribution in [0.1, 0.15) is 240 Å². The van der Waals surface area contributed by atoms with Crippen molar-refractivity contribution < 1.29 is 28.6 Å². The second-order valence-electron chi connectivity index (χ2n) is 16.3. The van der Waals surface area contributed by atoms with E-state index < -0.39 is 6.10 Å². The molecule has 1 atom stereocenters. The Hall–Kier alpha value is -1.59. The molecule has 6 nitrogen and oxygen atoms in total. The van der Waals surface area contributed by atoms with Crippen molar-refractivity contribution in [3.05, 3.63) is 0 Å². The van der Waals surface area contributed by atoms with E-state index >= 15 is 0 Å². The molecule has 0 aromatic heterocycles. The fourth-order valence-electron chi connectivity index (χ4n) is 6.58. The van der Waals surface area contributed by atoms with Gasteiger partial charge in [-0.3, -0.25) is 14.4 Å². The van der Waals surface area contributed by atoms with E-state index in [1.165, 1.54) is 122 Å². The smallest absolute Gasteiger partial charge is 0.306 e. The maximum atomic E-state index is 12.6. The van der Waals surface area contributed by atoms with Gasteiger partial charge in [0.25, 0.3) is 0 Å². The van der Waals surface area contributed by atoms with Gasteiger partial charge in [-0.15, -0.1) is 0 Å². The Morgan fingerprint density at radius 1 is 0.373 bits per heavy atom. The van der Waals surface area contributed by atoms with E-state index in [2.05, 4.69) is 34.6 Å². The number of carbonyl (C=O) groups excluding carboxylic acids is 3. The molecule has 302 valence electrons. The zero-order valence-electron chi connectivity index (χ0n) is 34.7. The minimum Gasteiger partial charge on any atom is -0.462 e. The number of hydrogen-bond acceptors (Lipinski definition) is 6. The summed E-state index contributed by atoms with van der Waals surface area (Å²) in [6.45, 7) is 11.2. The summed E-state index contributed by atoms with van der Waals surface area (Å²) in [7, 11) is 0. The minimum absolute atomic E-state index is 0.0660. The highest BCUT2D eigenvalue weighted by atomic mass is 16.6. The number of carbonyl (C=O) groups is 3. The van der Waals surface area contributed by atoms with Gasteiger partial charge in [0.2, 0.25) is 0 Å². The molecular weight excluding hydrogens is 636 g/mol. The third-order valence-electron chi connectivity index (χ3n) is 9.97. The Labute approximate surface area is 317 Å². The lowest BCUT2D eigenvalue weighted by molar-refractivity contribution is -0.167. The summed E-state index contributed by atoms with van der Waals surface area (Å²) in [4.78, 5) is 37.4. The van der Waals surface area contributed by atoms with Crippen LogP contribution < -0.4 is 0 Å². The zero-order valence-corrected chi connectivity index (χ0v) is 34.7. The second kappa shape index (κ2) is 38.1. The normalized spacial score (nSPS) is 12.1. The predicted molar refractivity (Wildman–Crippen MR) is 215 cm³/mol. The van der Waals surface area contributed by atoms with E-state index in [0.29, 0.717) is 19.3 Å². The van der Waals surface area contributed by atoms with Gasteiger partial charge < -0.3 is 14.2 Å². The molecule has 0 aromatic rings. The molecule has 0 radical (unpaired) electrons. The predicted octanol–water partition coefficient (Wildman–Crippen LogP) is 13.8. The maximum Gasteiger partial charge on any atom is 0.306 e. The van der Waals surface area contributed by atoms with Crippen molar-refractivity contribution in [1.82, 2.24) is 0 Å². The van der Waals surface area contributed by atoms with E-state index in [9.17, 15) is 14.4 Å². The zero-order chi connectivity index (χ0) is 37.6. The van der Waals surface area contributed by atoms with Crippen molar-refractivity contribution in [2.24, 2.45) is 11.8 Å². The molecule has 0 aromatic carbocycles. The van der Waals surface area contributed by atoms with Gasteiger partial charge in [-0.2, -0.15) is 0 Å². The number of hydrogen-bond donors (Lipinski definition) is 0. The van der Waals surface area contributed by atoms with Crippen LogP contribution >= 0.6 is 0 Å². The van der Waals surface area contributed by atoms with Gasteiger partial charge in [0.1, 0.15) is 13.2 Å². The molecule has 0 unspecified atom stereocenters. The average molecular weight is 723 g/mol. The molecule has 0 rings (SSSR count). The highest BCUT2D eigenvalue weighted by Gasteiger charge is 2.19. The third-order valence-corrected chi connectivity index (χ3v) is 9.97. The lowest BCUT2D eigenvalue weighted by Crippen LogP contribution is -2.30. The Kier molecular flexibility index (Phi) is 37.0. The van der Waals surface area contributed by atoms with Crippen molar-refractivity contribution in [2.75, 3.05) is 13.2 Å². The molecule has 0 amide bonds. The SMILES string of the molecule is CCCCCCCC(=O)OC[C@@H](COC(=O)CCCCCCCCCCCCCCCC(C)C)OC(=O)CCCCCCCCCCCC(C)C. The topological polar surface area (TPSA) is 78.9 Å². The first-order valence-corrected chi connectivity index (χ1v) is 22.2. The molecule has 0 saturated heterocycles. The molecule has 0 fully saturated rings. The molecule has 0 heterocycles. The lowest BCUT2D eigenvalue weighted by Gasteiger charge is -2.18. The first-order valence-electron chi connectivity index (χ1n) is 22.2. The first kappa shape index (κ1) is 49.4. The number of unbranched alkanes of at least 4 members (excludes halogenated alkanes) is 24. The van der Waals surface area contributed by atoms with Gasteiger partial charge in [0.15, 0.2) is 6.10 Å². The summed E-state index contributed by atoms with van der Waals surface area (Å²) in [5.74, 6) is 0.773. The van der Waals surface area contributed by atoms with Crippen molar-refractivity contribution in [1.29, 1.82) is 0 Å². The molecule has 0 aliphatic heterocycles. The molecule has 0 bridgehead atoms. The summed E-state index contributed by atoms with van der Waals surface area (Å²) < 4.78 is 16.6. The third kappa shape index (κ3) is 39.5. The standard InChI is InChI=1S/C45H86O6/c1-6-7-8-23-30-35-43(46)49-38-42(51-45(48)37-32-27-22-18-14-16-20-25-29-34-41(4)5)39-50-44(47)36-31-26-21-17-13-11-9-10-12-15-19-24-28-33-40(2)3/h40-42H,6-39H2,1-5H3/t42-/m0/s1. The van der Waals surface area contributed by atoms with Gasteiger partial charge in [-0.25, -0.2) is 0 Å². The average Bonchev–Trinajstić information content (AvgIpc) is 3.09. The number of rotatable bonds is 39. The summed E-state index contributed by atoms with van der Waals surface area (Å²) in [6, 6.07) is 0. The van der Waals surface area contributed by atoms with Crippen molar-refractivity contribution >= 4 is 17.9 Å². The summed E-state index contributed by atoms with van der Waals surface area (Å²) in [5, 5.41) is 0. The van der Waals surface area contributed by atoms with Crippen LogP contribution in [0.15, 0.2) is 0 Å². The quantitative estimate of drug-likeness (QED) is 0.0357. The molecule has 6 heteroatoms. The van der Waals surface area contributed by atoms with Gasteiger partial charge in [0, 0.05) is 19.3 Å². The molecular formula is C45H86O6. The molecule has 0 N–H and O–H groups in total. The first-order chi connectivity index (χ1) is 24.7. The van der Waals surface area contributed by atoms with Crippen molar-refractivity contribution in [2.45, 2.75) is 246 Å². The van der Waals surface area contributed by atoms with E-state index in [1.54, 1.807) is 0 Å². The molecule has 0 aliphatic carbocycles. The fraction of sp³-hybridized carbons (Fsp3) is 0.933. The van der Waals surface area contributed by atoms with Gasteiger partial charge in [-0.05, 0) is 31.1 Å². The Balaban J connectivity index is 4.18. The van der Waals surface area contributed by atoms with Gasteiger partial charge in [-0.1, -0.05) is 202 Å². The van der Waals surface area contributed by atoms with Gasteiger partial charge >= 0.3 is 17.9 Å². The fourth-order valence-corrected chi connectivity index (χ4v) is 6.58. The number of esters is 3. The van der Waals surface area contributed by atoms with Crippen LogP contribution in [-0.2, 0) is 28.6 Å². The largest absolute Gasteiger partial charge is 0.462 e. The highest BCUT2D eigenvalue weighted by molar-refractivity contribution is 5.71. The second-order valence-corrected chi connectivity index (χ2v) is 16.3. The molecule has 0 aliphatic rings. The van der Waals surface area contributed by atoms with Gasteiger partial charge in [0.05, 0.1) is 0 Å². The molecule has 0 spiro atoms. The Morgan fingerprint density at radius 2 is 0.647 bits per heavy atom. The monoisotopic (exact) mass is 723 g/mol. The van der Waals surface area contributed by atoms with E-state index in [4.69, 9.17) is 14.2 Å². The van der Waals surface area contributed by atoms with Crippen molar-refractivity contribution in [3.8, 4) is 0 Å². The van der Waals surface area contributed by atoms with Crippen LogP contribution in [-0.4, -0.2) is 37.2 Å². The minimum atomic E-state index is -0.758. The summed E-state index contributed by atoms with van der Waals surface area (Å²) in [6.07, 6.45) is 35.5. The lowest BCUT2D eigenvalue weighted by atomic mass is 10.0. The van der Waals surface area contributed by atoms with E-state index in [1.807, 2.05) is 0 Å². The van der Waals surface area contributed by atoms with Crippen LogP contribution in [0, 0.1) is 11.8 Å². The van der Waals surface area contributed by atoms with Crippen LogP contribution in [0.5, 0.6) is 0 Å². The van der Waals surface area contributed by atoms with Crippen LogP contribution in [0.3, 0.4) is 0 Å². The van der Waals surface area contributed by atoms with Crippen molar-refractivity contribution in [3.63, 3.8) is 0 Å². The van der Waals surface area contributed by atoms with Crippen LogP contribution in [0.2, 0.25) is 0 Å². The Bertz CT molecular complexity index is 779. The maximum absolute atomic E-state index is 12.6.